The van der Waals surface area contributed by atoms with E-state index in [2.05, 4.69) is 25.6 Å². The molecule has 0 radical (unpaired) electrons. The number of rotatable bonds is 5. The molecule has 2 aromatic heterocycles. The summed E-state index contributed by atoms with van der Waals surface area (Å²) in [4.78, 5) is 22.2. The normalized spacial score (nSPS) is 11.3. The highest BCUT2D eigenvalue weighted by atomic mass is 35.5. The summed E-state index contributed by atoms with van der Waals surface area (Å²) in [6, 6.07) is 5.60. The number of nitrogens with one attached hydrogen (secondary N) is 2. The van der Waals surface area contributed by atoms with Crippen molar-refractivity contribution in [2.24, 2.45) is 0 Å². The average Bonchev–Trinajstić information content (AvgIpc) is 2.66. The van der Waals surface area contributed by atoms with Gasteiger partial charge in [0.2, 0.25) is 11.6 Å². The van der Waals surface area contributed by atoms with E-state index in [-0.39, 0.29) is 17.5 Å². The second kappa shape index (κ2) is 8.28. The fraction of sp³-hybridized carbons (Fsp3) is 0.118. The molecule has 0 aliphatic rings. The Kier molecular flexibility index (Phi) is 5.94. The Labute approximate surface area is 177 Å². The Hall–Kier alpha value is -3.18. The van der Waals surface area contributed by atoms with Crippen LogP contribution in [0.4, 0.5) is 42.0 Å². The summed E-state index contributed by atoms with van der Waals surface area (Å²) in [5.41, 5.74) is -0.515. The van der Waals surface area contributed by atoms with Gasteiger partial charge in [0, 0.05) is 16.9 Å². The van der Waals surface area contributed by atoms with Crippen molar-refractivity contribution >= 4 is 52.0 Å². The average molecular weight is 459 g/mol. The van der Waals surface area contributed by atoms with E-state index in [4.69, 9.17) is 23.2 Å². The molecular formula is C17H11Cl2F3N6O2. The number of hydrogen-bond donors (Lipinski definition) is 2. The fourth-order valence-corrected chi connectivity index (χ4v) is 2.79. The number of pyridine rings is 1. The molecule has 0 aliphatic carbocycles. The summed E-state index contributed by atoms with van der Waals surface area (Å²) in [6.45, 7) is 1.71. The van der Waals surface area contributed by atoms with Gasteiger partial charge in [0.1, 0.15) is 6.33 Å². The van der Waals surface area contributed by atoms with Crippen molar-refractivity contribution in [2.75, 3.05) is 10.6 Å². The Morgan fingerprint density at radius 2 is 1.70 bits per heavy atom. The van der Waals surface area contributed by atoms with Crippen LogP contribution in [0.25, 0.3) is 0 Å². The van der Waals surface area contributed by atoms with Gasteiger partial charge in [-0.1, -0.05) is 29.3 Å². The second-order valence-electron chi connectivity index (χ2n) is 5.89. The van der Waals surface area contributed by atoms with E-state index in [1.165, 1.54) is 0 Å². The molecule has 2 heterocycles. The largest absolute Gasteiger partial charge is 0.417 e. The molecule has 8 nitrogen and oxygen atoms in total. The number of nitro groups is 1. The highest BCUT2D eigenvalue weighted by Gasteiger charge is 2.32. The molecule has 0 amide bonds. The van der Waals surface area contributed by atoms with Crippen LogP contribution in [-0.4, -0.2) is 19.9 Å². The van der Waals surface area contributed by atoms with Crippen LogP contribution in [0.15, 0.2) is 36.8 Å². The van der Waals surface area contributed by atoms with Gasteiger partial charge in [0.15, 0.2) is 5.82 Å². The molecule has 0 unspecified atom stereocenters. The molecule has 0 bridgehead atoms. The molecule has 0 saturated heterocycles. The van der Waals surface area contributed by atoms with E-state index in [0.29, 0.717) is 28.5 Å². The topological polar surface area (TPSA) is 106 Å². The summed E-state index contributed by atoms with van der Waals surface area (Å²) >= 11 is 11.9. The lowest BCUT2D eigenvalue weighted by atomic mass is 10.2. The van der Waals surface area contributed by atoms with Crippen molar-refractivity contribution in [3.63, 3.8) is 0 Å². The summed E-state index contributed by atoms with van der Waals surface area (Å²) in [6.07, 6.45) is -3.05. The molecule has 13 heteroatoms. The van der Waals surface area contributed by atoms with Gasteiger partial charge in [-0.3, -0.25) is 10.1 Å². The quantitative estimate of drug-likeness (QED) is 0.361. The van der Waals surface area contributed by atoms with Gasteiger partial charge < -0.3 is 10.6 Å². The molecule has 0 atom stereocenters. The highest BCUT2D eigenvalue weighted by Crippen LogP contribution is 2.37. The minimum atomic E-state index is -4.64. The van der Waals surface area contributed by atoms with Crippen molar-refractivity contribution in [1.82, 2.24) is 15.0 Å². The van der Waals surface area contributed by atoms with Crippen LogP contribution in [0, 0.1) is 17.0 Å². The van der Waals surface area contributed by atoms with E-state index in [1.54, 1.807) is 25.1 Å². The minimum Gasteiger partial charge on any atom is -0.334 e. The van der Waals surface area contributed by atoms with Crippen molar-refractivity contribution in [3.05, 3.63) is 68.1 Å². The molecule has 2 N–H and O–H groups in total. The number of hydrogen-bond acceptors (Lipinski definition) is 7. The molecule has 0 aliphatic heterocycles. The molecule has 156 valence electrons. The van der Waals surface area contributed by atoms with Crippen molar-refractivity contribution in [1.29, 1.82) is 0 Å². The zero-order valence-corrected chi connectivity index (χ0v) is 16.5. The third-order valence-corrected chi connectivity index (χ3v) is 4.63. The van der Waals surface area contributed by atoms with Gasteiger partial charge >= 0.3 is 11.9 Å². The first-order valence-corrected chi connectivity index (χ1v) is 8.85. The number of benzene rings is 1. The maximum Gasteiger partial charge on any atom is 0.417 e. The van der Waals surface area contributed by atoms with E-state index < -0.39 is 27.4 Å². The van der Waals surface area contributed by atoms with Gasteiger partial charge in [-0.2, -0.15) is 13.2 Å². The standard InChI is InChI=1S/C17H11Cl2F3N6O2/c1-8-10(18)3-2-4-12(8)26-15-13(28(29)30)16(25-7-24-15)27-14-11(19)5-9(6-23-14)17(20,21)22/h2-7H,1H3,(H2,23,24,25,26,27). The number of anilines is 4. The van der Waals surface area contributed by atoms with Gasteiger partial charge in [-0.05, 0) is 30.7 Å². The van der Waals surface area contributed by atoms with Crippen LogP contribution < -0.4 is 10.6 Å². The van der Waals surface area contributed by atoms with E-state index in [0.717, 1.165) is 6.33 Å². The maximum atomic E-state index is 12.8. The first kappa shape index (κ1) is 21.5. The van der Waals surface area contributed by atoms with Crippen molar-refractivity contribution < 1.29 is 18.1 Å². The molecule has 0 saturated carbocycles. The monoisotopic (exact) mass is 458 g/mol. The number of aromatic nitrogens is 3. The van der Waals surface area contributed by atoms with Crippen LogP contribution in [0.3, 0.4) is 0 Å². The Morgan fingerprint density at radius 3 is 2.30 bits per heavy atom. The molecule has 3 aromatic rings. The highest BCUT2D eigenvalue weighted by molar-refractivity contribution is 6.33. The Morgan fingerprint density at radius 1 is 1.03 bits per heavy atom. The smallest absolute Gasteiger partial charge is 0.334 e. The van der Waals surface area contributed by atoms with Gasteiger partial charge in [0.25, 0.3) is 0 Å². The van der Waals surface area contributed by atoms with Crippen LogP contribution in [0.2, 0.25) is 10.0 Å². The summed E-state index contributed by atoms with van der Waals surface area (Å²) in [7, 11) is 0. The van der Waals surface area contributed by atoms with Crippen molar-refractivity contribution in [3.8, 4) is 0 Å². The van der Waals surface area contributed by atoms with E-state index in [1.807, 2.05) is 0 Å². The third kappa shape index (κ3) is 4.52. The van der Waals surface area contributed by atoms with Gasteiger partial charge in [-0.25, -0.2) is 15.0 Å². The Bertz CT molecular complexity index is 1130. The van der Waals surface area contributed by atoms with Crippen LogP contribution >= 0.6 is 23.2 Å². The minimum absolute atomic E-state index is 0.161. The summed E-state index contributed by atoms with van der Waals surface area (Å²) in [5, 5.41) is 17.0. The lowest BCUT2D eigenvalue weighted by Crippen LogP contribution is -2.09. The van der Waals surface area contributed by atoms with E-state index in [9.17, 15) is 23.3 Å². The van der Waals surface area contributed by atoms with Gasteiger partial charge in [-0.15, -0.1) is 0 Å². The van der Waals surface area contributed by atoms with E-state index >= 15 is 0 Å². The zero-order chi connectivity index (χ0) is 22.1. The first-order valence-electron chi connectivity index (χ1n) is 8.09. The number of alkyl halides is 3. The van der Waals surface area contributed by atoms with Crippen molar-refractivity contribution in [2.45, 2.75) is 13.1 Å². The zero-order valence-electron chi connectivity index (χ0n) is 15.0. The SMILES string of the molecule is Cc1c(Cl)cccc1Nc1ncnc(Nc2ncc(C(F)(F)F)cc2Cl)c1[N+](=O)[O-]. The molecular weight excluding hydrogens is 448 g/mol. The molecule has 3 rings (SSSR count). The fourth-order valence-electron chi connectivity index (χ4n) is 2.40. The van der Waals surface area contributed by atoms with Gasteiger partial charge in [0.05, 0.1) is 15.5 Å². The van der Waals surface area contributed by atoms with Crippen LogP contribution in [-0.2, 0) is 6.18 Å². The molecule has 0 fully saturated rings. The predicted octanol–water partition coefficient (Wildman–Crippen LogP) is 5.90. The number of halogens is 5. The molecule has 30 heavy (non-hydrogen) atoms. The molecule has 1 aromatic carbocycles. The van der Waals surface area contributed by atoms with Crippen LogP contribution in [0.5, 0.6) is 0 Å². The number of nitrogens with zero attached hydrogens (tertiary/aromatic N) is 4. The maximum absolute atomic E-state index is 12.8. The Balaban J connectivity index is 2.00. The summed E-state index contributed by atoms with van der Waals surface area (Å²) < 4.78 is 38.3. The second-order valence-corrected chi connectivity index (χ2v) is 6.71. The predicted molar refractivity (Wildman–Crippen MR) is 106 cm³/mol. The lowest BCUT2D eigenvalue weighted by molar-refractivity contribution is -0.383. The lowest BCUT2D eigenvalue weighted by Gasteiger charge is -2.13. The third-order valence-electron chi connectivity index (χ3n) is 3.93. The first-order chi connectivity index (χ1) is 14.1. The van der Waals surface area contributed by atoms with Crippen LogP contribution in [0.1, 0.15) is 11.1 Å². The summed E-state index contributed by atoms with van der Waals surface area (Å²) in [5.74, 6) is -0.714. The molecule has 0 spiro atoms.